The standard InChI is InChI=1S/C20H27N2O6P/c1-5-27-29(24,28-6-2)20(16-12-13-17(25-3)18(14-16)26-4)22-21-19(23)15-10-8-7-9-11-15/h7-14,20,22H,5-6H2,1-4H3,(H,21,23). The quantitative estimate of drug-likeness (QED) is 0.419. The van der Waals surface area contributed by atoms with E-state index in [1.165, 1.54) is 14.2 Å². The first-order valence-electron chi connectivity index (χ1n) is 9.20. The van der Waals surface area contributed by atoms with E-state index in [2.05, 4.69) is 10.9 Å². The molecule has 0 aliphatic rings. The number of methoxy groups -OCH3 is 2. The van der Waals surface area contributed by atoms with Crippen molar-refractivity contribution in [3.63, 3.8) is 0 Å². The summed E-state index contributed by atoms with van der Waals surface area (Å²) in [4.78, 5) is 12.5. The predicted molar refractivity (Wildman–Crippen MR) is 110 cm³/mol. The Hall–Kier alpha value is -2.38. The fourth-order valence-corrected chi connectivity index (χ4v) is 4.55. The van der Waals surface area contributed by atoms with Gasteiger partial charge in [-0.25, -0.2) is 5.43 Å². The minimum absolute atomic E-state index is 0.176. The molecule has 0 bridgehead atoms. The minimum atomic E-state index is -3.68. The molecule has 9 heteroatoms. The van der Waals surface area contributed by atoms with Gasteiger partial charge in [-0.3, -0.25) is 14.8 Å². The maximum absolute atomic E-state index is 13.5. The zero-order chi connectivity index (χ0) is 21.3. The molecule has 0 spiro atoms. The first-order chi connectivity index (χ1) is 14.0. The summed E-state index contributed by atoms with van der Waals surface area (Å²) in [5.41, 5.74) is 6.41. The van der Waals surface area contributed by atoms with Crippen LogP contribution in [-0.4, -0.2) is 33.3 Å². The van der Waals surface area contributed by atoms with Gasteiger partial charge in [0.05, 0.1) is 27.4 Å². The normalized spacial score (nSPS) is 12.3. The van der Waals surface area contributed by atoms with Crippen LogP contribution in [-0.2, 0) is 13.6 Å². The van der Waals surface area contributed by atoms with Gasteiger partial charge in [0.2, 0.25) is 0 Å². The molecular weight excluding hydrogens is 395 g/mol. The Kier molecular flexibility index (Phi) is 8.67. The third-order valence-corrected chi connectivity index (χ3v) is 6.31. The summed E-state index contributed by atoms with van der Waals surface area (Å²) in [6.07, 6.45) is 0. The third-order valence-electron chi connectivity index (χ3n) is 4.02. The molecule has 2 aromatic carbocycles. The Balaban J connectivity index is 2.37. The molecule has 0 aliphatic carbocycles. The van der Waals surface area contributed by atoms with Crippen LogP contribution >= 0.6 is 7.60 Å². The number of hydrogen-bond acceptors (Lipinski definition) is 7. The number of ether oxygens (including phenoxy) is 2. The number of carbonyl (C=O) groups excluding carboxylic acids is 1. The van der Waals surface area contributed by atoms with Crippen molar-refractivity contribution in [2.45, 2.75) is 19.6 Å². The zero-order valence-electron chi connectivity index (χ0n) is 17.0. The molecule has 1 unspecified atom stereocenters. The number of benzene rings is 2. The molecule has 2 N–H and O–H groups in total. The fraction of sp³-hybridized carbons (Fsp3) is 0.350. The first kappa shape index (κ1) is 22.9. The highest BCUT2D eigenvalue weighted by Crippen LogP contribution is 2.59. The van der Waals surface area contributed by atoms with Crippen molar-refractivity contribution < 1.29 is 27.9 Å². The highest BCUT2D eigenvalue weighted by Gasteiger charge is 2.38. The van der Waals surface area contributed by atoms with Gasteiger partial charge in [-0.15, -0.1) is 0 Å². The van der Waals surface area contributed by atoms with E-state index in [1.807, 2.05) is 6.07 Å². The Morgan fingerprint density at radius 2 is 1.59 bits per heavy atom. The molecule has 0 aromatic heterocycles. The fourth-order valence-electron chi connectivity index (χ4n) is 2.71. The lowest BCUT2D eigenvalue weighted by atomic mass is 10.2. The van der Waals surface area contributed by atoms with Crippen molar-refractivity contribution in [3.8, 4) is 11.5 Å². The number of hydrogen-bond donors (Lipinski definition) is 2. The zero-order valence-corrected chi connectivity index (χ0v) is 17.9. The van der Waals surface area contributed by atoms with E-state index in [0.717, 1.165) is 0 Å². The maximum atomic E-state index is 13.5. The molecule has 158 valence electrons. The van der Waals surface area contributed by atoms with Crippen molar-refractivity contribution in [3.05, 3.63) is 59.7 Å². The monoisotopic (exact) mass is 422 g/mol. The highest BCUT2D eigenvalue weighted by molar-refractivity contribution is 7.54. The van der Waals surface area contributed by atoms with Crippen molar-refractivity contribution in [1.29, 1.82) is 0 Å². The summed E-state index contributed by atoms with van der Waals surface area (Å²) in [6, 6.07) is 13.7. The average Bonchev–Trinajstić information content (AvgIpc) is 2.74. The van der Waals surface area contributed by atoms with Gasteiger partial charge in [-0.2, -0.15) is 0 Å². The molecule has 1 amide bonds. The van der Waals surface area contributed by atoms with Crippen molar-refractivity contribution in [2.24, 2.45) is 0 Å². The van der Waals surface area contributed by atoms with Gasteiger partial charge in [0, 0.05) is 5.56 Å². The topological polar surface area (TPSA) is 95.1 Å². The Bertz CT molecular complexity index is 836. The van der Waals surface area contributed by atoms with Gasteiger partial charge < -0.3 is 18.5 Å². The van der Waals surface area contributed by atoms with Crippen LogP contribution in [0, 0.1) is 0 Å². The molecule has 0 aliphatic heterocycles. The first-order valence-corrected chi connectivity index (χ1v) is 10.8. The lowest BCUT2D eigenvalue weighted by Crippen LogP contribution is -2.40. The van der Waals surface area contributed by atoms with Crippen LogP contribution in [0.25, 0.3) is 0 Å². The molecule has 2 rings (SSSR count). The number of hydrazine groups is 1. The van der Waals surface area contributed by atoms with Gasteiger partial charge in [-0.05, 0) is 43.7 Å². The average molecular weight is 422 g/mol. The van der Waals surface area contributed by atoms with Crippen LogP contribution in [0.4, 0.5) is 0 Å². The SMILES string of the molecule is CCOP(=O)(OCC)C(NNC(=O)c1ccccc1)c1ccc(OC)c(OC)c1. The van der Waals surface area contributed by atoms with Crippen molar-refractivity contribution >= 4 is 13.5 Å². The molecule has 0 fully saturated rings. The minimum Gasteiger partial charge on any atom is -0.493 e. The van der Waals surface area contributed by atoms with E-state index in [4.69, 9.17) is 18.5 Å². The summed E-state index contributed by atoms with van der Waals surface area (Å²) in [6.45, 7) is 3.80. The van der Waals surface area contributed by atoms with Crippen LogP contribution in [0.15, 0.2) is 48.5 Å². The number of rotatable bonds is 11. The second-order valence-electron chi connectivity index (χ2n) is 5.86. The third kappa shape index (κ3) is 5.81. The molecule has 8 nitrogen and oxygen atoms in total. The van der Waals surface area contributed by atoms with Gasteiger partial charge in [0.1, 0.15) is 0 Å². The number of carbonyl (C=O) groups is 1. The largest absolute Gasteiger partial charge is 0.493 e. The number of nitrogens with one attached hydrogen (secondary N) is 2. The molecular formula is C20H27N2O6P. The molecule has 1 atom stereocenters. The van der Waals surface area contributed by atoms with Gasteiger partial charge >= 0.3 is 7.60 Å². The Morgan fingerprint density at radius 3 is 2.14 bits per heavy atom. The Morgan fingerprint density at radius 1 is 0.966 bits per heavy atom. The van der Waals surface area contributed by atoms with E-state index in [0.29, 0.717) is 22.6 Å². The van der Waals surface area contributed by atoms with E-state index in [1.54, 1.807) is 56.3 Å². The van der Waals surface area contributed by atoms with Crippen LogP contribution in [0.3, 0.4) is 0 Å². The van der Waals surface area contributed by atoms with E-state index >= 15 is 0 Å². The van der Waals surface area contributed by atoms with Crippen LogP contribution < -0.4 is 20.3 Å². The summed E-state index contributed by atoms with van der Waals surface area (Å²) in [5.74, 6) is -0.373. The molecule has 29 heavy (non-hydrogen) atoms. The summed E-state index contributed by atoms with van der Waals surface area (Å²) >= 11 is 0. The van der Waals surface area contributed by atoms with Crippen LogP contribution in [0.1, 0.15) is 35.6 Å². The van der Waals surface area contributed by atoms with Gasteiger partial charge in [-0.1, -0.05) is 24.3 Å². The summed E-state index contributed by atoms with van der Waals surface area (Å²) < 4.78 is 35.1. The Labute approximate surface area is 171 Å². The van der Waals surface area contributed by atoms with E-state index in [-0.39, 0.29) is 19.1 Å². The summed E-state index contributed by atoms with van der Waals surface area (Å²) in [7, 11) is -0.643. The smallest absolute Gasteiger partial charge is 0.353 e. The van der Waals surface area contributed by atoms with Crippen LogP contribution in [0.2, 0.25) is 0 Å². The second-order valence-corrected chi connectivity index (χ2v) is 7.97. The van der Waals surface area contributed by atoms with Gasteiger partial charge in [0.15, 0.2) is 17.3 Å². The molecule has 0 saturated carbocycles. The molecule has 0 heterocycles. The predicted octanol–water partition coefficient (Wildman–Crippen LogP) is 3.90. The van der Waals surface area contributed by atoms with E-state index in [9.17, 15) is 9.36 Å². The molecule has 0 radical (unpaired) electrons. The lowest BCUT2D eigenvalue weighted by Gasteiger charge is -2.28. The summed E-state index contributed by atoms with van der Waals surface area (Å²) in [5, 5.41) is 0. The van der Waals surface area contributed by atoms with Crippen LogP contribution in [0.5, 0.6) is 11.5 Å². The van der Waals surface area contributed by atoms with Crippen molar-refractivity contribution in [2.75, 3.05) is 27.4 Å². The van der Waals surface area contributed by atoms with Crippen molar-refractivity contribution in [1.82, 2.24) is 10.9 Å². The van der Waals surface area contributed by atoms with E-state index < -0.39 is 13.4 Å². The van der Waals surface area contributed by atoms with Gasteiger partial charge in [0.25, 0.3) is 5.91 Å². The lowest BCUT2D eigenvalue weighted by molar-refractivity contribution is 0.0927. The second kappa shape index (κ2) is 11.0. The highest BCUT2D eigenvalue weighted by atomic mass is 31.2. The molecule has 0 saturated heterocycles. The number of amides is 1. The molecule has 2 aromatic rings. The maximum Gasteiger partial charge on any atom is 0.353 e.